The molecule has 0 saturated carbocycles. The number of amides is 1. The van der Waals surface area contributed by atoms with Crippen LogP contribution in [0.5, 0.6) is 0 Å². The van der Waals surface area contributed by atoms with Gasteiger partial charge in [-0.3, -0.25) is 4.79 Å². The molecule has 35 heavy (non-hydrogen) atoms. The molecule has 1 N–H and O–H groups in total. The number of carbonyl (C=O) groups excluding carboxylic acids is 1. The fourth-order valence-electron chi connectivity index (χ4n) is 4.19. The van der Waals surface area contributed by atoms with Crippen molar-refractivity contribution in [3.63, 3.8) is 0 Å². The molecular weight excluding hydrogens is 469 g/mol. The first kappa shape index (κ1) is 23.0. The van der Waals surface area contributed by atoms with Crippen molar-refractivity contribution in [2.45, 2.75) is 19.4 Å². The molecule has 2 aromatic carbocycles. The van der Waals surface area contributed by atoms with Gasteiger partial charge in [-0.05, 0) is 42.7 Å². The number of hydrogen-bond donors (Lipinski definition) is 1. The molecule has 178 valence electrons. The molecule has 1 saturated heterocycles. The molecule has 1 aliphatic heterocycles. The van der Waals surface area contributed by atoms with Crippen LogP contribution in [0.1, 0.15) is 18.4 Å². The predicted octanol–water partition coefficient (Wildman–Crippen LogP) is 5.12. The molecule has 3 heterocycles. The third-order valence-electron chi connectivity index (χ3n) is 6.09. The molecule has 2 aromatic heterocycles. The number of anilines is 1. The van der Waals surface area contributed by atoms with Gasteiger partial charge in [-0.15, -0.1) is 0 Å². The molecule has 0 bridgehead atoms. The van der Waals surface area contributed by atoms with Gasteiger partial charge in [0, 0.05) is 37.3 Å². The van der Waals surface area contributed by atoms with Crippen LogP contribution in [0, 0.1) is 11.7 Å². The number of carbonyl (C=O) groups is 1. The fourth-order valence-corrected chi connectivity index (χ4v) is 4.39. The van der Waals surface area contributed by atoms with Crippen molar-refractivity contribution < 1.29 is 13.7 Å². The van der Waals surface area contributed by atoms with E-state index in [1.54, 1.807) is 12.3 Å². The van der Waals surface area contributed by atoms with Crippen molar-refractivity contribution in [1.29, 1.82) is 0 Å². The second-order valence-electron chi connectivity index (χ2n) is 8.39. The number of nitrogens with one attached hydrogen (secondary N) is 1. The monoisotopic (exact) mass is 491 g/mol. The molecule has 0 spiro atoms. The Morgan fingerprint density at radius 1 is 1.11 bits per heavy atom. The van der Waals surface area contributed by atoms with E-state index in [1.807, 2.05) is 42.5 Å². The summed E-state index contributed by atoms with van der Waals surface area (Å²) in [4.78, 5) is 24.0. The third kappa shape index (κ3) is 5.17. The number of benzene rings is 2. The molecule has 0 unspecified atom stereocenters. The summed E-state index contributed by atoms with van der Waals surface area (Å²) in [5, 5.41) is 7.11. The minimum absolute atomic E-state index is 0.0178. The van der Waals surface area contributed by atoms with Gasteiger partial charge in [0.05, 0.1) is 10.6 Å². The Kier molecular flexibility index (Phi) is 6.72. The predicted molar refractivity (Wildman–Crippen MR) is 131 cm³/mol. The van der Waals surface area contributed by atoms with Gasteiger partial charge in [0.2, 0.25) is 11.7 Å². The van der Waals surface area contributed by atoms with E-state index >= 15 is 0 Å². The SMILES string of the molecule is O=C(NCc1ccc(F)c(Cl)c1)C1CCN(c2ncccc2-c2nc(-c3ccccc3)no2)CC1. The lowest BCUT2D eigenvalue weighted by Crippen LogP contribution is -2.40. The molecule has 5 rings (SSSR count). The summed E-state index contributed by atoms with van der Waals surface area (Å²) in [5.74, 6) is 1.09. The van der Waals surface area contributed by atoms with Crippen LogP contribution in [-0.2, 0) is 11.3 Å². The van der Waals surface area contributed by atoms with E-state index in [0.717, 1.165) is 22.5 Å². The highest BCUT2D eigenvalue weighted by Crippen LogP contribution is 2.32. The number of hydrogen-bond acceptors (Lipinski definition) is 6. The molecule has 9 heteroatoms. The first-order chi connectivity index (χ1) is 17.1. The average Bonchev–Trinajstić information content (AvgIpc) is 3.40. The van der Waals surface area contributed by atoms with Gasteiger partial charge in [0.15, 0.2) is 0 Å². The second-order valence-corrected chi connectivity index (χ2v) is 8.80. The molecule has 1 aliphatic rings. The van der Waals surface area contributed by atoms with Crippen LogP contribution in [0.25, 0.3) is 22.8 Å². The normalized spacial score (nSPS) is 14.2. The minimum Gasteiger partial charge on any atom is -0.356 e. The van der Waals surface area contributed by atoms with Crippen LogP contribution < -0.4 is 10.2 Å². The van der Waals surface area contributed by atoms with Gasteiger partial charge in [0.1, 0.15) is 11.6 Å². The van der Waals surface area contributed by atoms with E-state index in [4.69, 9.17) is 16.1 Å². The zero-order chi connectivity index (χ0) is 24.2. The van der Waals surface area contributed by atoms with E-state index < -0.39 is 5.82 Å². The summed E-state index contributed by atoms with van der Waals surface area (Å²) in [6.45, 7) is 1.65. The minimum atomic E-state index is -0.472. The number of nitrogens with zero attached hydrogens (tertiary/aromatic N) is 4. The first-order valence-electron chi connectivity index (χ1n) is 11.4. The topological polar surface area (TPSA) is 84.2 Å². The summed E-state index contributed by atoms with van der Waals surface area (Å²) in [7, 11) is 0. The zero-order valence-electron chi connectivity index (χ0n) is 18.8. The second kappa shape index (κ2) is 10.2. The lowest BCUT2D eigenvalue weighted by atomic mass is 9.95. The Morgan fingerprint density at radius 2 is 1.91 bits per heavy atom. The van der Waals surface area contributed by atoms with Crippen molar-refractivity contribution in [2.24, 2.45) is 5.92 Å². The number of halogens is 2. The average molecular weight is 492 g/mol. The van der Waals surface area contributed by atoms with Gasteiger partial charge < -0.3 is 14.7 Å². The smallest absolute Gasteiger partial charge is 0.261 e. The van der Waals surface area contributed by atoms with Crippen LogP contribution in [0.3, 0.4) is 0 Å². The van der Waals surface area contributed by atoms with Crippen LogP contribution in [-0.4, -0.2) is 34.1 Å². The molecule has 0 aliphatic carbocycles. The van der Waals surface area contributed by atoms with Crippen molar-refractivity contribution in [1.82, 2.24) is 20.4 Å². The van der Waals surface area contributed by atoms with Crippen LogP contribution in [0.4, 0.5) is 10.2 Å². The van der Waals surface area contributed by atoms with E-state index in [0.29, 0.717) is 44.2 Å². The van der Waals surface area contributed by atoms with Gasteiger partial charge in [-0.2, -0.15) is 4.98 Å². The van der Waals surface area contributed by atoms with Crippen LogP contribution in [0.15, 0.2) is 71.4 Å². The maximum absolute atomic E-state index is 13.3. The summed E-state index contributed by atoms with van der Waals surface area (Å²) in [5.41, 5.74) is 2.40. The standard InChI is InChI=1S/C26H23ClFN5O2/c27-21-15-17(8-9-22(21)28)16-30-25(34)19-10-13-33(14-11-19)24-20(7-4-12-29-24)26-31-23(32-35-26)18-5-2-1-3-6-18/h1-9,12,15,19H,10-11,13-14,16H2,(H,30,34). The number of piperidine rings is 1. The van der Waals surface area contributed by atoms with E-state index in [-0.39, 0.29) is 16.8 Å². The van der Waals surface area contributed by atoms with Gasteiger partial charge in [-0.1, -0.05) is 53.2 Å². The van der Waals surface area contributed by atoms with Crippen LogP contribution in [0.2, 0.25) is 5.02 Å². The van der Waals surface area contributed by atoms with E-state index in [9.17, 15) is 9.18 Å². The Labute approximate surface area is 206 Å². The van der Waals surface area contributed by atoms with Crippen molar-refractivity contribution >= 4 is 23.3 Å². The van der Waals surface area contributed by atoms with Crippen LogP contribution >= 0.6 is 11.6 Å². The summed E-state index contributed by atoms with van der Waals surface area (Å²) in [6, 6.07) is 17.9. The van der Waals surface area contributed by atoms with Gasteiger partial charge in [-0.25, -0.2) is 9.37 Å². The van der Waals surface area contributed by atoms with Gasteiger partial charge in [0.25, 0.3) is 5.89 Å². The largest absolute Gasteiger partial charge is 0.356 e. The quantitative estimate of drug-likeness (QED) is 0.403. The summed E-state index contributed by atoms with van der Waals surface area (Å²) >= 11 is 5.83. The van der Waals surface area contributed by atoms with E-state index in [1.165, 1.54) is 12.1 Å². The first-order valence-corrected chi connectivity index (χ1v) is 11.8. The Bertz CT molecular complexity index is 1320. The Morgan fingerprint density at radius 3 is 2.69 bits per heavy atom. The highest BCUT2D eigenvalue weighted by Gasteiger charge is 2.27. The van der Waals surface area contributed by atoms with E-state index in [2.05, 4.69) is 25.3 Å². The Hall–Kier alpha value is -3.78. The summed E-state index contributed by atoms with van der Waals surface area (Å²) in [6.07, 6.45) is 3.11. The van der Waals surface area contributed by atoms with Crippen molar-refractivity contribution in [3.8, 4) is 22.8 Å². The van der Waals surface area contributed by atoms with Crippen molar-refractivity contribution in [2.75, 3.05) is 18.0 Å². The highest BCUT2D eigenvalue weighted by molar-refractivity contribution is 6.30. The molecule has 7 nitrogen and oxygen atoms in total. The van der Waals surface area contributed by atoms with Gasteiger partial charge >= 0.3 is 0 Å². The highest BCUT2D eigenvalue weighted by atomic mass is 35.5. The fraction of sp³-hybridized carbons (Fsp3) is 0.231. The molecule has 0 atom stereocenters. The molecule has 0 radical (unpaired) electrons. The molecule has 1 amide bonds. The van der Waals surface area contributed by atoms with Crippen molar-refractivity contribution in [3.05, 3.63) is 83.3 Å². The molecular formula is C26H23ClFN5O2. The lowest BCUT2D eigenvalue weighted by molar-refractivity contribution is -0.125. The summed E-state index contributed by atoms with van der Waals surface area (Å²) < 4.78 is 18.9. The maximum Gasteiger partial charge on any atom is 0.261 e. The maximum atomic E-state index is 13.3. The number of rotatable bonds is 6. The third-order valence-corrected chi connectivity index (χ3v) is 6.38. The molecule has 4 aromatic rings. The zero-order valence-corrected chi connectivity index (χ0v) is 19.6. The lowest BCUT2D eigenvalue weighted by Gasteiger charge is -2.32. The number of aromatic nitrogens is 3. The Balaban J connectivity index is 1.23. The molecule has 1 fully saturated rings. The number of pyridine rings is 1.